The quantitative estimate of drug-likeness (QED) is 0.632. The third-order valence-electron chi connectivity index (χ3n) is 1.57. The van der Waals surface area contributed by atoms with Gasteiger partial charge in [0.05, 0.1) is 13.3 Å². The Morgan fingerprint density at radius 3 is 2.86 bits per heavy atom. The van der Waals surface area contributed by atoms with E-state index in [2.05, 4.69) is 20.1 Å². The predicted molar refractivity (Wildman–Crippen MR) is 45.4 cm³/mol. The first-order valence-corrected chi connectivity index (χ1v) is 3.83. The number of carbonyl (C=O) groups is 2. The molecule has 0 aliphatic carbocycles. The van der Waals surface area contributed by atoms with Crippen LogP contribution >= 0.6 is 0 Å². The van der Waals surface area contributed by atoms with Gasteiger partial charge in [0, 0.05) is 7.05 Å². The minimum atomic E-state index is -0.482. The van der Waals surface area contributed by atoms with Crippen molar-refractivity contribution in [2.24, 2.45) is 0 Å². The highest BCUT2D eigenvalue weighted by Gasteiger charge is 2.16. The number of methoxy groups -OCH3 is 1. The van der Waals surface area contributed by atoms with E-state index in [0.29, 0.717) is 0 Å². The van der Waals surface area contributed by atoms with Gasteiger partial charge in [-0.25, -0.2) is 0 Å². The molecule has 1 N–H and O–H groups in total. The molecule has 0 saturated heterocycles. The van der Waals surface area contributed by atoms with Gasteiger partial charge in [-0.3, -0.25) is 9.59 Å². The lowest BCUT2D eigenvalue weighted by Crippen LogP contribution is -2.32. The number of H-pyrrole nitrogens is 1. The smallest absolute Gasteiger partial charge is 0.325 e. The van der Waals surface area contributed by atoms with E-state index in [1.54, 1.807) is 0 Å². The number of hydrogen-bond donors (Lipinski definition) is 1. The average molecular weight is 198 g/mol. The summed E-state index contributed by atoms with van der Waals surface area (Å²) >= 11 is 0. The Morgan fingerprint density at radius 1 is 1.64 bits per heavy atom. The predicted octanol–water partition coefficient (Wildman–Crippen LogP) is -0.950. The summed E-state index contributed by atoms with van der Waals surface area (Å²) in [5.74, 6) is -0.867. The van der Waals surface area contributed by atoms with Crippen LogP contribution in [0.3, 0.4) is 0 Å². The molecule has 7 heteroatoms. The second kappa shape index (κ2) is 4.35. The summed E-state index contributed by atoms with van der Waals surface area (Å²) in [4.78, 5) is 23.5. The van der Waals surface area contributed by atoms with E-state index >= 15 is 0 Å². The second-order valence-electron chi connectivity index (χ2n) is 2.59. The lowest BCUT2D eigenvalue weighted by atomic mass is 10.4. The summed E-state index contributed by atoms with van der Waals surface area (Å²) < 4.78 is 4.41. The SMILES string of the molecule is COC(=O)CN(C)C(=O)c1cn[nH]n1. The molecule has 1 amide bonds. The molecule has 0 fully saturated rings. The maximum absolute atomic E-state index is 11.5. The molecule has 0 unspecified atom stereocenters. The topological polar surface area (TPSA) is 88.2 Å². The second-order valence-corrected chi connectivity index (χ2v) is 2.59. The molecule has 1 rings (SSSR count). The minimum absolute atomic E-state index is 0.109. The van der Waals surface area contributed by atoms with E-state index in [1.165, 1.54) is 25.3 Å². The van der Waals surface area contributed by atoms with Crippen LogP contribution in [0.4, 0.5) is 0 Å². The Labute approximate surface area is 80.0 Å². The number of aromatic nitrogens is 3. The van der Waals surface area contributed by atoms with Crippen LogP contribution in [0.15, 0.2) is 6.20 Å². The summed E-state index contributed by atoms with van der Waals surface area (Å²) in [7, 11) is 2.74. The zero-order valence-corrected chi connectivity index (χ0v) is 7.85. The Balaban J connectivity index is 2.58. The van der Waals surface area contributed by atoms with Crippen molar-refractivity contribution < 1.29 is 14.3 Å². The lowest BCUT2D eigenvalue weighted by molar-refractivity contribution is -0.141. The van der Waals surface area contributed by atoms with Crippen LogP contribution in [0.25, 0.3) is 0 Å². The molecule has 0 spiro atoms. The van der Waals surface area contributed by atoms with E-state index < -0.39 is 5.97 Å². The Kier molecular flexibility index (Phi) is 3.16. The summed E-state index contributed by atoms with van der Waals surface area (Å²) in [5.41, 5.74) is 0.163. The standard InChI is InChI=1S/C7H10N4O3/c1-11(4-6(12)14-2)7(13)5-3-8-10-9-5/h3H,4H2,1-2H3,(H,8,9,10). The molecule has 1 aromatic rings. The number of rotatable bonds is 3. The number of likely N-dealkylation sites (N-methyl/N-ethyl adjacent to an activating group) is 1. The van der Waals surface area contributed by atoms with Crippen LogP contribution < -0.4 is 0 Å². The minimum Gasteiger partial charge on any atom is -0.468 e. The summed E-state index contributed by atoms with van der Waals surface area (Å²) in [6.45, 7) is -0.109. The van der Waals surface area contributed by atoms with E-state index in [9.17, 15) is 9.59 Å². The first-order valence-electron chi connectivity index (χ1n) is 3.83. The van der Waals surface area contributed by atoms with E-state index in [0.717, 1.165) is 0 Å². The first-order chi connectivity index (χ1) is 6.65. The van der Waals surface area contributed by atoms with Crippen molar-refractivity contribution in [1.82, 2.24) is 20.3 Å². The van der Waals surface area contributed by atoms with Crippen molar-refractivity contribution in [3.05, 3.63) is 11.9 Å². The van der Waals surface area contributed by atoms with Gasteiger partial charge in [-0.1, -0.05) is 0 Å². The van der Waals surface area contributed by atoms with Crippen LogP contribution in [0.5, 0.6) is 0 Å². The molecule has 7 nitrogen and oxygen atoms in total. The summed E-state index contributed by atoms with van der Waals surface area (Å²) in [6.07, 6.45) is 1.29. The molecule has 1 heterocycles. The van der Waals surface area contributed by atoms with E-state index in [1.807, 2.05) is 0 Å². The Morgan fingerprint density at radius 2 is 2.36 bits per heavy atom. The van der Waals surface area contributed by atoms with Gasteiger partial charge >= 0.3 is 5.97 Å². The molecule has 0 aliphatic heterocycles. The number of nitrogens with zero attached hydrogens (tertiary/aromatic N) is 3. The fourth-order valence-corrected chi connectivity index (χ4v) is 0.830. The number of amides is 1. The largest absolute Gasteiger partial charge is 0.468 e. The van der Waals surface area contributed by atoms with Crippen molar-refractivity contribution in [3.63, 3.8) is 0 Å². The zero-order chi connectivity index (χ0) is 10.6. The van der Waals surface area contributed by atoms with Crippen LogP contribution in [0.2, 0.25) is 0 Å². The highest BCUT2D eigenvalue weighted by molar-refractivity contribution is 5.93. The molecule has 0 aromatic carbocycles. The van der Waals surface area contributed by atoms with Crippen molar-refractivity contribution in [2.45, 2.75) is 0 Å². The highest BCUT2D eigenvalue weighted by atomic mass is 16.5. The van der Waals surface area contributed by atoms with Crippen molar-refractivity contribution in [1.29, 1.82) is 0 Å². The molecule has 0 bridgehead atoms. The number of hydrogen-bond acceptors (Lipinski definition) is 5. The monoisotopic (exact) mass is 198 g/mol. The van der Waals surface area contributed by atoms with Gasteiger partial charge in [-0.2, -0.15) is 15.4 Å². The van der Waals surface area contributed by atoms with Gasteiger partial charge in [0.15, 0.2) is 5.69 Å². The van der Waals surface area contributed by atoms with Gasteiger partial charge in [0.25, 0.3) is 5.91 Å². The molecular formula is C7H10N4O3. The Bertz CT molecular complexity index is 322. The molecule has 1 aromatic heterocycles. The van der Waals surface area contributed by atoms with Crippen LogP contribution in [0, 0.1) is 0 Å². The first kappa shape index (κ1) is 10.2. The number of nitrogens with one attached hydrogen (secondary N) is 1. The molecular weight excluding hydrogens is 188 g/mol. The third-order valence-corrected chi connectivity index (χ3v) is 1.57. The number of ether oxygens (including phenoxy) is 1. The fourth-order valence-electron chi connectivity index (χ4n) is 0.830. The Hall–Kier alpha value is -1.92. The molecule has 0 aliphatic rings. The van der Waals surface area contributed by atoms with E-state index in [-0.39, 0.29) is 18.1 Å². The molecule has 76 valence electrons. The van der Waals surface area contributed by atoms with Crippen molar-refractivity contribution in [2.75, 3.05) is 20.7 Å². The average Bonchev–Trinajstić information content (AvgIpc) is 2.69. The molecule has 0 radical (unpaired) electrons. The van der Waals surface area contributed by atoms with Gasteiger partial charge < -0.3 is 9.64 Å². The van der Waals surface area contributed by atoms with Crippen molar-refractivity contribution >= 4 is 11.9 Å². The molecule has 0 saturated carbocycles. The normalized spacial score (nSPS) is 9.57. The zero-order valence-electron chi connectivity index (χ0n) is 7.85. The number of esters is 1. The maximum atomic E-state index is 11.5. The van der Waals surface area contributed by atoms with E-state index in [4.69, 9.17) is 0 Å². The highest BCUT2D eigenvalue weighted by Crippen LogP contribution is 1.96. The number of carbonyl (C=O) groups excluding carboxylic acids is 2. The molecule has 14 heavy (non-hydrogen) atoms. The lowest BCUT2D eigenvalue weighted by Gasteiger charge is -2.13. The van der Waals surface area contributed by atoms with Gasteiger partial charge in [-0.15, -0.1) is 0 Å². The van der Waals surface area contributed by atoms with Crippen LogP contribution in [-0.4, -0.2) is 52.9 Å². The third kappa shape index (κ3) is 2.28. The van der Waals surface area contributed by atoms with Gasteiger partial charge in [-0.05, 0) is 0 Å². The van der Waals surface area contributed by atoms with Gasteiger partial charge in [0.2, 0.25) is 0 Å². The maximum Gasteiger partial charge on any atom is 0.325 e. The fraction of sp³-hybridized carbons (Fsp3) is 0.429. The van der Waals surface area contributed by atoms with Crippen molar-refractivity contribution in [3.8, 4) is 0 Å². The molecule has 0 atom stereocenters. The summed E-state index contributed by atoms with van der Waals surface area (Å²) in [6, 6.07) is 0. The van der Waals surface area contributed by atoms with Crippen LogP contribution in [0.1, 0.15) is 10.5 Å². The number of aromatic amines is 1. The van der Waals surface area contributed by atoms with Gasteiger partial charge in [0.1, 0.15) is 6.54 Å². The summed E-state index contributed by atoms with van der Waals surface area (Å²) in [5, 5.41) is 9.39. The van der Waals surface area contributed by atoms with Crippen LogP contribution in [-0.2, 0) is 9.53 Å².